The number of anilines is 1. The summed E-state index contributed by atoms with van der Waals surface area (Å²) in [6.07, 6.45) is 1.97. The summed E-state index contributed by atoms with van der Waals surface area (Å²) in [5.41, 5.74) is 5.79. The largest absolute Gasteiger partial charge is 0.380 e. The summed E-state index contributed by atoms with van der Waals surface area (Å²) >= 11 is 0. The number of benzene rings is 1. The highest BCUT2D eigenvalue weighted by Gasteiger charge is 2.29. The molecular weight excluding hydrogens is 235 g/mol. The molecule has 1 saturated carbocycles. The van der Waals surface area contributed by atoms with Gasteiger partial charge in [0.15, 0.2) is 0 Å². The van der Waals surface area contributed by atoms with Crippen LogP contribution in [0.2, 0.25) is 0 Å². The molecular formula is C13H17FN2O2. The number of nitrogens with one attached hydrogen (secondary N) is 1. The monoisotopic (exact) mass is 252 g/mol. The van der Waals surface area contributed by atoms with Gasteiger partial charge in [0, 0.05) is 18.2 Å². The van der Waals surface area contributed by atoms with Gasteiger partial charge in [-0.15, -0.1) is 0 Å². The van der Waals surface area contributed by atoms with Crippen molar-refractivity contribution in [3.8, 4) is 0 Å². The van der Waals surface area contributed by atoms with E-state index in [1.807, 2.05) is 6.92 Å². The molecule has 1 aromatic carbocycles. The van der Waals surface area contributed by atoms with Gasteiger partial charge in [-0.1, -0.05) is 0 Å². The predicted octanol–water partition coefficient (Wildman–Crippen LogP) is 1.90. The molecule has 0 unspecified atom stereocenters. The average Bonchev–Trinajstić information content (AvgIpc) is 2.28. The molecule has 0 radical (unpaired) electrons. The zero-order valence-corrected chi connectivity index (χ0v) is 10.3. The standard InChI is InChI=1S/C13H17FN2O2/c1-2-18-10-6-9(7-10)16-12-5-8(13(15)17)3-4-11(12)14/h3-5,9-10,16H,2,6-7H2,1H3,(H2,15,17). The number of hydrogen-bond acceptors (Lipinski definition) is 3. The summed E-state index contributed by atoms with van der Waals surface area (Å²) in [4.78, 5) is 11.0. The second-order valence-electron chi connectivity index (χ2n) is 4.45. The van der Waals surface area contributed by atoms with Crippen LogP contribution in [0.4, 0.5) is 10.1 Å². The van der Waals surface area contributed by atoms with Crippen LogP contribution in [0.25, 0.3) is 0 Å². The zero-order valence-electron chi connectivity index (χ0n) is 10.3. The number of rotatable bonds is 5. The molecule has 98 valence electrons. The summed E-state index contributed by atoms with van der Waals surface area (Å²) in [5, 5.41) is 3.07. The van der Waals surface area contributed by atoms with Crippen LogP contribution in [0.5, 0.6) is 0 Å². The molecule has 0 saturated heterocycles. The van der Waals surface area contributed by atoms with Gasteiger partial charge >= 0.3 is 0 Å². The normalized spacial score (nSPS) is 22.3. The highest BCUT2D eigenvalue weighted by Crippen LogP contribution is 2.28. The molecule has 1 amide bonds. The number of carbonyl (C=O) groups excluding carboxylic acids is 1. The molecule has 5 heteroatoms. The fraction of sp³-hybridized carbons (Fsp3) is 0.462. The van der Waals surface area contributed by atoms with Gasteiger partial charge in [-0.05, 0) is 38.0 Å². The van der Waals surface area contributed by atoms with Crippen molar-refractivity contribution in [3.05, 3.63) is 29.6 Å². The molecule has 2 rings (SSSR count). The molecule has 1 aromatic rings. The molecule has 0 aliphatic heterocycles. The van der Waals surface area contributed by atoms with Crippen LogP contribution in [-0.2, 0) is 4.74 Å². The topological polar surface area (TPSA) is 64.3 Å². The van der Waals surface area contributed by atoms with Crippen molar-refractivity contribution in [3.63, 3.8) is 0 Å². The Hall–Kier alpha value is -1.62. The highest BCUT2D eigenvalue weighted by atomic mass is 19.1. The van der Waals surface area contributed by atoms with Gasteiger partial charge in [0.2, 0.25) is 5.91 Å². The van der Waals surface area contributed by atoms with Gasteiger partial charge in [-0.25, -0.2) is 4.39 Å². The first kappa shape index (κ1) is 12.8. The second kappa shape index (κ2) is 5.35. The molecule has 0 aromatic heterocycles. The fourth-order valence-corrected chi connectivity index (χ4v) is 2.06. The van der Waals surface area contributed by atoms with Crippen molar-refractivity contribution in [2.75, 3.05) is 11.9 Å². The van der Waals surface area contributed by atoms with Crippen molar-refractivity contribution >= 4 is 11.6 Å². The van der Waals surface area contributed by atoms with Crippen molar-refractivity contribution in [1.29, 1.82) is 0 Å². The summed E-state index contributed by atoms with van der Waals surface area (Å²) in [6, 6.07) is 4.28. The lowest BCUT2D eigenvalue weighted by atomic mass is 9.89. The van der Waals surface area contributed by atoms with Crippen LogP contribution >= 0.6 is 0 Å². The lowest BCUT2D eigenvalue weighted by molar-refractivity contribution is 0.00293. The van der Waals surface area contributed by atoms with E-state index < -0.39 is 5.91 Å². The van der Waals surface area contributed by atoms with Gasteiger partial charge in [0.25, 0.3) is 0 Å². The third kappa shape index (κ3) is 2.79. The van der Waals surface area contributed by atoms with Gasteiger partial charge in [-0.3, -0.25) is 4.79 Å². The maximum Gasteiger partial charge on any atom is 0.248 e. The van der Waals surface area contributed by atoms with Gasteiger partial charge < -0.3 is 15.8 Å². The van der Waals surface area contributed by atoms with Crippen LogP contribution in [0.1, 0.15) is 30.1 Å². The maximum atomic E-state index is 13.6. The molecule has 1 fully saturated rings. The first-order chi connectivity index (χ1) is 8.60. The van der Waals surface area contributed by atoms with E-state index in [4.69, 9.17) is 10.5 Å². The highest BCUT2D eigenvalue weighted by molar-refractivity contribution is 5.93. The number of amides is 1. The van der Waals surface area contributed by atoms with Gasteiger partial charge in [0.1, 0.15) is 5.82 Å². The summed E-state index contributed by atoms with van der Waals surface area (Å²) in [7, 11) is 0. The Balaban J connectivity index is 1.97. The Morgan fingerprint density at radius 2 is 2.28 bits per heavy atom. The molecule has 4 nitrogen and oxygen atoms in total. The number of primary amides is 1. The molecule has 0 bridgehead atoms. The second-order valence-corrected chi connectivity index (χ2v) is 4.45. The van der Waals surface area contributed by atoms with Gasteiger partial charge in [-0.2, -0.15) is 0 Å². The quantitative estimate of drug-likeness (QED) is 0.841. The van der Waals surface area contributed by atoms with Crippen molar-refractivity contribution in [2.24, 2.45) is 5.73 Å². The van der Waals surface area contributed by atoms with Crippen LogP contribution in [0.15, 0.2) is 18.2 Å². The Bertz CT molecular complexity index is 445. The van der Waals surface area contributed by atoms with Crippen LogP contribution in [0.3, 0.4) is 0 Å². The van der Waals surface area contributed by atoms with E-state index in [9.17, 15) is 9.18 Å². The zero-order chi connectivity index (χ0) is 13.1. The Morgan fingerprint density at radius 1 is 1.56 bits per heavy atom. The Labute approximate surface area is 105 Å². The van der Waals surface area contributed by atoms with Crippen molar-refractivity contribution in [1.82, 2.24) is 0 Å². The van der Waals surface area contributed by atoms with E-state index in [0.29, 0.717) is 17.9 Å². The number of halogens is 1. The molecule has 1 aliphatic rings. The SMILES string of the molecule is CCOC1CC(Nc2cc(C(N)=O)ccc2F)C1. The minimum Gasteiger partial charge on any atom is -0.380 e. The predicted molar refractivity (Wildman–Crippen MR) is 67.0 cm³/mol. The first-order valence-corrected chi connectivity index (χ1v) is 6.07. The van der Waals surface area contributed by atoms with E-state index in [0.717, 1.165) is 12.8 Å². The summed E-state index contributed by atoms with van der Waals surface area (Å²) in [6.45, 7) is 2.65. The van der Waals surface area contributed by atoms with E-state index >= 15 is 0 Å². The van der Waals surface area contributed by atoms with Crippen LogP contribution in [-0.4, -0.2) is 24.7 Å². The van der Waals surface area contributed by atoms with Crippen molar-refractivity contribution in [2.45, 2.75) is 31.9 Å². The molecule has 18 heavy (non-hydrogen) atoms. The summed E-state index contributed by atoms with van der Waals surface area (Å²) in [5.74, 6) is -0.932. The van der Waals surface area contributed by atoms with Crippen LogP contribution in [0, 0.1) is 5.82 Å². The fourth-order valence-electron chi connectivity index (χ4n) is 2.06. The smallest absolute Gasteiger partial charge is 0.248 e. The number of carbonyl (C=O) groups is 1. The molecule has 0 heterocycles. The molecule has 0 spiro atoms. The Morgan fingerprint density at radius 3 is 2.89 bits per heavy atom. The number of ether oxygens (including phenoxy) is 1. The third-order valence-corrected chi connectivity index (χ3v) is 3.11. The van der Waals surface area contributed by atoms with Gasteiger partial charge in [0.05, 0.1) is 11.8 Å². The van der Waals surface area contributed by atoms with E-state index in [2.05, 4.69) is 5.32 Å². The lowest BCUT2D eigenvalue weighted by Crippen LogP contribution is -2.41. The molecule has 3 N–H and O–H groups in total. The third-order valence-electron chi connectivity index (χ3n) is 3.11. The minimum atomic E-state index is -0.557. The van der Waals surface area contributed by atoms with E-state index in [1.54, 1.807) is 0 Å². The first-order valence-electron chi connectivity index (χ1n) is 6.07. The summed E-state index contributed by atoms with van der Waals surface area (Å²) < 4.78 is 19.0. The molecule has 0 atom stereocenters. The number of hydrogen-bond donors (Lipinski definition) is 2. The van der Waals surface area contributed by atoms with Crippen LogP contribution < -0.4 is 11.1 Å². The Kier molecular flexibility index (Phi) is 3.81. The average molecular weight is 252 g/mol. The van der Waals surface area contributed by atoms with E-state index in [1.165, 1.54) is 18.2 Å². The minimum absolute atomic E-state index is 0.194. The number of nitrogens with two attached hydrogens (primary N) is 1. The molecule has 1 aliphatic carbocycles. The maximum absolute atomic E-state index is 13.6. The van der Waals surface area contributed by atoms with E-state index in [-0.39, 0.29) is 18.0 Å². The van der Waals surface area contributed by atoms with Crippen molar-refractivity contribution < 1.29 is 13.9 Å². The lowest BCUT2D eigenvalue weighted by Gasteiger charge is -2.36.